The highest BCUT2D eigenvalue weighted by Crippen LogP contribution is 2.57. The molecule has 0 saturated carbocycles. The number of phenols is 4. The van der Waals surface area contributed by atoms with E-state index in [9.17, 15) is 98.4 Å². The number of aromatic hydroxyl groups is 4. The van der Waals surface area contributed by atoms with Crippen molar-refractivity contribution in [3.05, 3.63) is 67.6 Å². The average molecular weight is 1540 g/mol. The Morgan fingerprint density at radius 2 is 1.03 bits per heavy atom. The summed E-state index contributed by atoms with van der Waals surface area (Å²) in [5.41, 5.74) is 13.6. The highest BCUT2D eigenvalue weighted by molar-refractivity contribution is 8.20. The Balaban J connectivity index is 0.000000282. The smallest absolute Gasteiger partial charge is 0.350 e. The first-order chi connectivity index (χ1) is 46.7. The fourth-order valence-electron chi connectivity index (χ4n) is 9.75. The lowest BCUT2D eigenvalue weighted by Crippen LogP contribution is -2.57. The topological polar surface area (TPSA) is 545 Å². The molecular formula is C59H65Cl2N11O22S6. The van der Waals surface area contributed by atoms with E-state index in [0.717, 1.165) is 87.9 Å². The van der Waals surface area contributed by atoms with Crippen LogP contribution in [0.25, 0.3) is 0 Å². The highest BCUT2D eigenvalue weighted by atomic mass is 35.5. The molecule has 2 aromatic carbocycles. The number of benzene rings is 2. The summed E-state index contributed by atoms with van der Waals surface area (Å²) in [6.07, 6.45) is -0.415. The Morgan fingerprint density at radius 1 is 0.640 bits per heavy atom. The van der Waals surface area contributed by atoms with Gasteiger partial charge in [-0.05, 0) is 75.3 Å². The first-order valence-corrected chi connectivity index (χ1v) is 35.8. The average Bonchev–Trinajstić information content (AvgIpc) is 1.57. The predicted octanol–water partition coefficient (Wildman–Crippen LogP) is 5.68. The molecule has 0 radical (unpaired) electrons. The second-order valence-electron chi connectivity index (χ2n) is 23.6. The maximum atomic E-state index is 13.5. The van der Waals surface area contributed by atoms with E-state index in [1.807, 2.05) is 5.43 Å². The van der Waals surface area contributed by atoms with Crippen molar-refractivity contribution < 1.29 is 108 Å². The second kappa shape index (κ2) is 32.0. The molecular weight excluding hydrogens is 1480 g/mol. The van der Waals surface area contributed by atoms with Crippen LogP contribution in [-0.2, 0) is 57.6 Å². The lowest BCUT2D eigenvalue weighted by Gasteiger charge is -2.41. The summed E-state index contributed by atoms with van der Waals surface area (Å²) in [5.74, 6) is -14.8. The number of nitrogens with two attached hydrogens (primary N) is 3. The molecule has 8 atom stereocenters. The highest BCUT2D eigenvalue weighted by Gasteiger charge is 2.64. The van der Waals surface area contributed by atoms with E-state index >= 15 is 0 Å². The van der Waals surface area contributed by atoms with Crippen LogP contribution in [0.1, 0.15) is 107 Å². The number of thioether (sulfide) groups is 4. The van der Waals surface area contributed by atoms with Crippen molar-refractivity contribution >= 4 is 191 Å². The van der Waals surface area contributed by atoms with E-state index in [4.69, 9.17) is 50.1 Å². The molecule has 0 unspecified atom stereocenters. The van der Waals surface area contributed by atoms with Gasteiger partial charge in [-0.25, -0.2) is 39.4 Å². The van der Waals surface area contributed by atoms with Crippen molar-refractivity contribution in [2.24, 2.45) is 44.8 Å². The number of carbonyl (C=O) groups is 12. The van der Waals surface area contributed by atoms with Crippen LogP contribution >= 0.6 is 92.9 Å². The maximum Gasteiger partial charge on any atom is 0.350 e. The number of hydrazone groups is 1. The Bertz CT molecular complexity index is 4090. The zero-order chi connectivity index (χ0) is 74.4. The number of phenolic OH excluding ortho intramolecular Hbond substituents is 4. The maximum absolute atomic E-state index is 13.5. The summed E-state index contributed by atoms with van der Waals surface area (Å²) in [7, 11) is 0. The lowest BCUT2D eigenvalue weighted by atomic mass is 9.90. The molecule has 4 aliphatic heterocycles. The SMILES string of the molecule is CC[C@H](CS[C@]1(C(=O)O)CN2C(=O)[C@@H](CC(=O)/C(=N\OC(C)(C)C(=O)O)c3csc(N)n3)[C@H]2S1)CC(=O)/C(=N\NC(N)=O)c1ccc(O)c(O)c1Cl.CC[C@H](CS[C@]1(C(=O)O)CN2C(=O)[C@@H](CC(=O)/C(=N\OC(C)(C)C(=O)O)c3csc(N)n3)[C@H]2S1)CC(=O)C(=O)c1ccc(O)c(O)c1Cl. The van der Waals surface area contributed by atoms with Gasteiger partial charge in [0.05, 0.1) is 45.7 Å². The number of ketones is 5. The minimum atomic E-state index is -1.80. The minimum absolute atomic E-state index is 0.0232. The summed E-state index contributed by atoms with van der Waals surface area (Å²) < 4.78 is -3.08. The molecule has 8 rings (SSSR count). The summed E-state index contributed by atoms with van der Waals surface area (Å²) >= 11 is 18.1. The number of rotatable bonds is 33. The number of thiazole rings is 2. The molecule has 4 saturated heterocycles. The fourth-order valence-corrected chi connectivity index (χ4v) is 18.1. The molecule has 4 aliphatic rings. The number of aliphatic carboxylic acids is 4. The summed E-state index contributed by atoms with van der Waals surface area (Å²) in [4.78, 5) is 173. The first-order valence-electron chi connectivity index (χ1n) is 29.6. The predicted molar refractivity (Wildman–Crippen MR) is 370 cm³/mol. The van der Waals surface area contributed by atoms with Crippen molar-refractivity contribution in [3.8, 4) is 23.0 Å². The normalized spacial score (nSPS) is 21.1. The van der Waals surface area contributed by atoms with Crippen molar-refractivity contribution in [1.29, 1.82) is 0 Å². The third kappa shape index (κ3) is 17.4. The van der Waals surface area contributed by atoms with Crippen LogP contribution in [0.4, 0.5) is 15.1 Å². The number of hydrogen-bond acceptors (Lipinski definition) is 31. The zero-order valence-corrected chi connectivity index (χ0v) is 59.8. The summed E-state index contributed by atoms with van der Waals surface area (Å²) in [5, 5.41) is 90.8. The molecule has 4 aromatic rings. The van der Waals surface area contributed by atoms with Gasteiger partial charge in [0.25, 0.3) is 0 Å². The van der Waals surface area contributed by atoms with E-state index in [0.29, 0.717) is 12.8 Å². The number of carboxylic acids is 4. The van der Waals surface area contributed by atoms with E-state index in [-0.39, 0.29) is 93.8 Å². The zero-order valence-electron chi connectivity index (χ0n) is 53.4. The van der Waals surface area contributed by atoms with Gasteiger partial charge in [0, 0.05) is 47.6 Å². The number of anilines is 2. The number of halogens is 2. The number of fused-ring (bicyclic) bond motifs is 2. The molecule has 15 N–H and O–H groups in total. The quantitative estimate of drug-likeness (QED) is 0.00681. The van der Waals surface area contributed by atoms with Gasteiger partial charge in [0.2, 0.25) is 34.6 Å². The fraction of sp³-hybridized carbons (Fsp3) is 0.441. The van der Waals surface area contributed by atoms with Crippen LogP contribution in [0.2, 0.25) is 10.0 Å². The second-order valence-corrected chi connectivity index (χ2v) is 32.2. The van der Waals surface area contributed by atoms with Gasteiger partial charge in [0.15, 0.2) is 70.2 Å². The van der Waals surface area contributed by atoms with Crippen LogP contribution in [-0.4, -0.2) is 203 Å². The van der Waals surface area contributed by atoms with Crippen LogP contribution in [0, 0.1) is 23.7 Å². The third-order valence-electron chi connectivity index (χ3n) is 15.9. The van der Waals surface area contributed by atoms with Crippen LogP contribution in [0.5, 0.6) is 23.0 Å². The number of hydrogen-bond donors (Lipinski definition) is 12. The molecule has 100 heavy (non-hydrogen) atoms. The van der Waals surface area contributed by atoms with Gasteiger partial charge in [-0.3, -0.25) is 33.6 Å². The van der Waals surface area contributed by atoms with Gasteiger partial charge in [0.1, 0.15) is 17.1 Å². The van der Waals surface area contributed by atoms with Gasteiger partial charge in [-0.1, -0.05) is 60.2 Å². The summed E-state index contributed by atoms with van der Waals surface area (Å²) in [6, 6.07) is 3.36. The largest absolute Gasteiger partial charge is 0.504 e. The number of nitrogens with one attached hydrogen (secondary N) is 1. The van der Waals surface area contributed by atoms with Crippen LogP contribution in [0.15, 0.2) is 50.4 Å². The number of primary amides is 1. The van der Waals surface area contributed by atoms with Crippen molar-refractivity contribution in [2.45, 2.75) is 110 Å². The Labute approximate surface area is 602 Å². The van der Waals surface area contributed by atoms with Crippen molar-refractivity contribution in [2.75, 3.05) is 36.1 Å². The van der Waals surface area contributed by atoms with E-state index in [1.54, 1.807) is 13.8 Å². The van der Waals surface area contributed by atoms with E-state index in [1.165, 1.54) is 54.3 Å². The van der Waals surface area contributed by atoms with E-state index in [2.05, 4.69) is 25.4 Å². The van der Waals surface area contributed by atoms with Crippen LogP contribution in [0.3, 0.4) is 0 Å². The Hall–Kier alpha value is -8.47. The third-order valence-corrected chi connectivity index (χ3v) is 25.1. The molecule has 4 amide bonds. The molecule has 0 aliphatic carbocycles. The minimum Gasteiger partial charge on any atom is -0.504 e. The molecule has 41 heteroatoms. The number of carboxylic acid groups (broad SMARTS) is 4. The number of β-lactam (4-membered cyclic amide) rings is 2. The van der Waals surface area contributed by atoms with Gasteiger partial charge >= 0.3 is 29.9 Å². The van der Waals surface area contributed by atoms with Crippen molar-refractivity contribution in [1.82, 2.24) is 25.2 Å². The Morgan fingerprint density at radius 3 is 1.39 bits per heavy atom. The number of aromatic nitrogens is 2. The number of carbonyl (C=O) groups excluding carboxylic acids is 8. The number of nitrogens with zero attached hydrogens (tertiary/aromatic N) is 7. The number of amides is 4. The van der Waals surface area contributed by atoms with Crippen LogP contribution < -0.4 is 22.6 Å². The molecule has 6 heterocycles. The first kappa shape index (κ1) is 78.9. The van der Waals surface area contributed by atoms with Gasteiger partial charge in [-0.15, -0.1) is 69.7 Å². The van der Waals surface area contributed by atoms with Gasteiger partial charge < -0.3 is 77.5 Å². The molecule has 0 bridgehead atoms. The molecule has 0 spiro atoms. The standard InChI is InChI=1S/C30H34ClN7O11S3.C29H31ClN4O11S3/c1-4-12(7-17(40)20(35-36-27(32)48)13-5-6-16(39)22(42)19(13)31)9-51-30(26(46)47)11-38-23(43)14(24(38)52-30)8-18(41)21(15-10-50-28(33)34-15)37-49-29(2,3)25(44)45;1-4-12(7-18(37)21(38)13-5-6-16(35)22(39)19(13)30)9-47-29(26(43)44)11-34-23(40)14(24(34)48-29)8-17(36)20(15-10-46-27(31)32-15)33-45-28(2,3)25(41)42/h5-6,10,12,14,24,39,42H,4,7-9,11H2,1-3H3,(H2,33,34)(H,44,45)(H,46,47)(H3,32,36,48);5-6,10,12,14,24,35,39H,4,7-9,11H2,1-3H3,(H2,31,32)(H,41,42)(H,43,44)/b35-20-,37-21-;33-20-/t12-,14+,24+,30+;12-,14+,24+,29+/m00/s1. The molecule has 2 aromatic heterocycles. The van der Waals surface area contributed by atoms with Crippen molar-refractivity contribution in [3.63, 3.8) is 0 Å². The summed E-state index contributed by atoms with van der Waals surface area (Å²) in [6.45, 7) is 8.11. The number of nitrogen functional groups attached to an aromatic ring is 2. The Kier molecular flexibility index (Phi) is 25.3. The number of oxime groups is 2. The number of urea groups is 1. The lowest BCUT2D eigenvalue weighted by molar-refractivity contribution is -0.161. The monoisotopic (exact) mass is 1540 g/mol. The molecule has 538 valence electrons. The number of Topliss-reactive ketones (excluding diaryl/α,β-unsaturated/α-hetero) is 5. The molecule has 4 fully saturated rings. The van der Waals surface area contributed by atoms with E-state index < -0.39 is 164 Å². The molecule has 33 nitrogen and oxygen atoms in total. The van der Waals surface area contributed by atoms with Gasteiger partial charge in [-0.2, -0.15) is 5.10 Å².